The van der Waals surface area contributed by atoms with Crippen molar-refractivity contribution in [2.24, 2.45) is 5.14 Å². The standard InChI is InChI=1S/C20H23N5O5S/c21-31(28,29)22-12-5-4-11-17(23-20(26)27)19-24-18(25-30-19)16-10-6-9-15(13-16)14-7-2-1-3-8-14/h1-3,6-10,13,17,22-23H,4-5,11-12H2,(H,26,27)(H2,21,28,29). The van der Waals surface area contributed by atoms with Crippen molar-refractivity contribution in [3.05, 3.63) is 60.5 Å². The van der Waals surface area contributed by atoms with Gasteiger partial charge in [0.15, 0.2) is 0 Å². The van der Waals surface area contributed by atoms with Gasteiger partial charge in [-0.25, -0.2) is 14.7 Å². The van der Waals surface area contributed by atoms with Gasteiger partial charge in [-0.05, 0) is 36.5 Å². The zero-order valence-corrected chi connectivity index (χ0v) is 17.4. The molecule has 0 spiro atoms. The average molecular weight is 446 g/mol. The number of nitrogens with two attached hydrogens (primary N) is 1. The molecule has 0 fully saturated rings. The molecule has 0 aliphatic carbocycles. The number of amides is 1. The van der Waals surface area contributed by atoms with Crippen LogP contribution in [0.15, 0.2) is 59.1 Å². The molecule has 164 valence electrons. The zero-order valence-electron chi connectivity index (χ0n) is 16.6. The lowest BCUT2D eigenvalue weighted by Crippen LogP contribution is -2.31. The van der Waals surface area contributed by atoms with Crippen molar-refractivity contribution in [1.82, 2.24) is 20.2 Å². The van der Waals surface area contributed by atoms with E-state index in [2.05, 4.69) is 20.2 Å². The Balaban J connectivity index is 1.71. The van der Waals surface area contributed by atoms with Crippen LogP contribution >= 0.6 is 0 Å². The molecule has 0 radical (unpaired) electrons. The van der Waals surface area contributed by atoms with Crippen molar-refractivity contribution < 1.29 is 22.8 Å². The molecular formula is C20H23N5O5S. The molecule has 1 unspecified atom stereocenters. The van der Waals surface area contributed by atoms with E-state index in [-0.39, 0.29) is 12.4 Å². The third kappa shape index (κ3) is 6.88. The van der Waals surface area contributed by atoms with Crippen molar-refractivity contribution in [2.75, 3.05) is 6.54 Å². The smallest absolute Gasteiger partial charge is 0.405 e. The Morgan fingerprint density at radius 1 is 1.06 bits per heavy atom. The quantitative estimate of drug-likeness (QED) is 0.349. The molecule has 5 N–H and O–H groups in total. The van der Waals surface area contributed by atoms with Crippen LogP contribution in [-0.2, 0) is 10.2 Å². The molecule has 1 atom stereocenters. The van der Waals surface area contributed by atoms with Crippen LogP contribution in [0.2, 0.25) is 0 Å². The minimum Gasteiger partial charge on any atom is -0.465 e. The summed E-state index contributed by atoms with van der Waals surface area (Å²) in [7, 11) is -3.75. The molecule has 10 nitrogen and oxygen atoms in total. The number of carboxylic acid groups (broad SMARTS) is 1. The Bertz CT molecular complexity index is 1120. The summed E-state index contributed by atoms with van der Waals surface area (Å²) < 4.78 is 29.3. The molecule has 2 aromatic carbocycles. The molecular weight excluding hydrogens is 422 g/mol. The van der Waals surface area contributed by atoms with Crippen LogP contribution in [0.5, 0.6) is 0 Å². The van der Waals surface area contributed by atoms with Crippen LogP contribution in [-0.4, -0.2) is 36.3 Å². The van der Waals surface area contributed by atoms with Crippen molar-refractivity contribution in [3.63, 3.8) is 0 Å². The Morgan fingerprint density at radius 2 is 1.77 bits per heavy atom. The number of unbranched alkanes of at least 4 members (excludes halogenated alkanes) is 1. The van der Waals surface area contributed by atoms with Gasteiger partial charge in [0.1, 0.15) is 6.04 Å². The Morgan fingerprint density at radius 3 is 2.48 bits per heavy atom. The van der Waals surface area contributed by atoms with Crippen LogP contribution < -0.4 is 15.2 Å². The first-order chi connectivity index (χ1) is 14.8. The summed E-state index contributed by atoms with van der Waals surface area (Å²) in [6.45, 7) is 0.153. The van der Waals surface area contributed by atoms with Crippen LogP contribution in [0, 0.1) is 0 Å². The number of benzene rings is 2. The predicted molar refractivity (Wildman–Crippen MR) is 114 cm³/mol. The molecule has 0 saturated heterocycles. The van der Waals surface area contributed by atoms with Crippen molar-refractivity contribution >= 4 is 16.3 Å². The molecule has 0 aliphatic rings. The maximum Gasteiger partial charge on any atom is 0.405 e. The van der Waals surface area contributed by atoms with Gasteiger partial charge in [-0.15, -0.1) is 0 Å². The maximum atomic E-state index is 11.2. The fourth-order valence-electron chi connectivity index (χ4n) is 3.06. The van der Waals surface area contributed by atoms with E-state index in [0.717, 1.165) is 16.7 Å². The highest BCUT2D eigenvalue weighted by Crippen LogP contribution is 2.26. The highest BCUT2D eigenvalue weighted by molar-refractivity contribution is 7.87. The minimum atomic E-state index is -3.75. The largest absolute Gasteiger partial charge is 0.465 e. The summed E-state index contributed by atoms with van der Waals surface area (Å²) in [6, 6.07) is 16.8. The summed E-state index contributed by atoms with van der Waals surface area (Å²) >= 11 is 0. The van der Waals surface area contributed by atoms with Gasteiger partial charge in [-0.3, -0.25) is 0 Å². The van der Waals surface area contributed by atoms with E-state index in [4.69, 9.17) is 14.8 Å². The van der Waals surface area contributed by atoms with Gasteiger partial charge in [0.05, 0.1) is 0 Å². The Labute approximate surface area is 179 Å². The monoisotopic (exact) mass is 445 g/mol. The van der Waals surface area contributed by atoms with E-state index >= 15 is 0 Å². The van der Waals surface area contributed by atoms with Crippen LogP contribution in [0.4, 0.5) is 4.79 Å². The van der Waals surface area contributed by atoms with Gasteiger partial charge in [-0.2, -0.15) is 13.4 Å². The van der Waals surface area contributed by atoms with E-state index in [0.29, 0.717) is 25.1 Å². The summed E-state index contributed by atoms with van der Waals surface area (Å²) in [5, 5.41) is 20.4. The molecule has 3 aromatic rings. The molecule has 31 heavy (non-hydrogen) atoms. The number of carbonyl (C=O) groups is 1. The number of nitrogens with one attached hydrogen (secondary N) is 2. The van der Waals surface area contributed by atoms with Gasteiger partial charge >= 0.3 is 6.09 Å². The second kappa shape index (κ2) is 10.2. The first-order valence-electron chi connectivity index (χ1n) is 9.58. The summed E-state index contributed by atoms with van der Waals surface area (Å²) in [6.07, 6.45) is 0.103. The second-order valence-corrected chi connectivity index (χ2v) is 8.22. The fourth-order valence-corrected chi connectivity index (χ4v) is 3.49. The highest BCUT2D eigenvalue weighted by atomic mass is 32.2. The summed E-state index contributed by atoms with van der Waals surface area (Å²) in [5.41, 5.74) is 2.78. The molecule has 1 heterocycles. The normalized spacial score (nSPS) is 12.4. The van der Waals surface area contributed by atoms with Crippen molar-refractivity contribution in [1.29, 1.82) is 0 Å². The van der Waals surface area contributed by atoms with Crippen LogP contribution in [0.3, 0.4) is 0 Å². The number of rotatable bonds is 10. The Kier molecular flexibility index (Phi) is 7.34. The molecule has 1 aromatic heterocycles. The molecule has 0 saturated carbocycles. The third-order valence-corrected chi connectivity index (χ3v) is 5.09. The van der Waals surface area contributed by atoms with E-state index in [9.17, 15) is 13.2 Å². The number of aromatic nitrogens is 2. The molecule has 0 aliphatic heterocycles. The van der Waals surface area contributed by atoms with Crippen LogP contribution in [0.1, 0.15) is 31.2 Å². The zero-order chi connectivity index (χ0) is 22.3. The lowest BCUT2D eigenvalue weighted by atomic mass is 10.0. The highest BCUT2D eigenvalue weighted by Gasteiger charge is 2.21. The third-order valence-electron chi connectivity index (χ3n) is 4.49. The van der Waals surface area contributed by atoms with Gasteiger partial charge in [0.25, 0.3) is 10.2 Å². The van der Waals surface area contributed by atoms with E-state index in [1.54, 1.807) is 0 Å². The second-order valence-electron chi connectivity index (χ2n) is 6.84. The SMILES string of the molecule is NS(=O)(=O)NCCCCC(NC(=O)O)c1nc(-c2cccc(-c3ccccc3)c2)no1. The average Bonchev–Trinajstić information content (AvgIpc) is 3.23. The molecule has 3 rings (SSSR count). The van der Waals surface area contributed by atoms with Crippen LogP contribution in [0.25, 0.3) is 22.5 Å². The summed E-state index contributed by atoms with van der Waals surface area (Å²) in [4.78, 5) is 15.5. The number of hydrogen-bond acceptors (Lipinski definition) is 6. The molecule has 0 bridgehead atoms. The van der Waals surface area contributed by atoms with Gasteiger partial charge < -0.3 is 14.9 Å². The Hall–Kier alpha value is -3.28. The lowest BCUT2D eigenvalue weighted by molar-refractivity contribution is 0.184. The van der Waals surface area contributed by atoms with E-state index < -0.39 is 22.3 Å². The number of hydrogen-bond donors (Lipinski definition) is 4. The summed E-state index contributed by atoms with van der Waals surface area (Å²) in [5.74, 6) is 0.489. The first kappa shape index (κ1) is 22.4. The minimum absolute atomic E-state index is 0.141. The topological polar surface area (TPSA) is 160 Å². The van der Waals surface area contributed by atoms with Crippen molar-refractivity contribution in [2.45, 2.75) is 25.3 Å². The first-order valence-corrected chi connectivity index (χ1v) is 11.1. The fraction of sp³-hybridized carbons (Fsp3) is 0.250. The van der Waals surface area contributed by atoms with E-state index in [1.165, 1.54) is 0 Å². The predicted octanol–water partition coefficient (Wildman–Crippen LogP) is 2.68. The van der Waals surface area contributed by atoms with Gasteiger partial charge in [0.2, 0.25) is 11.7 Å². The van der Waals surface area contributed by atoms with Crippen molar-refractivity contribution in [3.8, 4) is 22.5 Å². The van der Waals surface area contributed by atoms with Gasteiger partial charge in [-0.1, -0.05) is 53.7 Å². The number of nitrogens with zero attached hydrogens (tertiary/aromatic N) is 2. The maximum absolute atomic E-state index is 11.2. The molecule has 1 amide bonds. The lowest BCUT2D eigenvalue weighted by Gasteiger charge is -2.12. The molecule has 11 heteroatoms. The van der Waals surface area contributed by atoms with E-state index in [1.807, 2.05) is 54.6 Å². The van der Waals surface area contributed by atoms with Gasteiger partial charge in [0, 0.05) is 12.1 Å².